The molecule has 0 spiro atoms. The van der Waals surface area contributed by atoms with Gasteiger partial charge in [0.2, 0.25) is 5.91 Å². The van der Waals surface area contributed by atoms with Crippen LogP contribution in [0.3, 0.4) is 0 Å². The first-order chi connectivity index (χ1) is 16.7. The lowest BCUT2D eigenvalue weighted by atomic mass is 9.83. The number of ether oxygens (including phenoxy) is 1. The third-order valence-corrected chi connectivity index (χ3v) is 5.91. The SMILES string of the molecule is CC(C)(C)OC(=O)N[C@H](C(=O)N1CC(c2cc(F)ccc2F)=C[C@H]1c1ccccc1)C(C)(C)C(=O)O. The van der Waals surface area contributed by atoms with Gasteiger partial charge in [-0.15, -0.1) is 0 Å². The Labute approximate surface area is 208 Å². The van der Waals surface area contributed by atoms with Gasteiger partial charge >= 0.3 is 12.1 Å². The van der Waals surface area contributed by atoms with Crippen molar-refractivity contribution in [3.8, 4) is 0 Å². The molecule has 2 N–H and O–H groups in total. The van der Waals surface area contributed by atoms with Gasteiger partial charge in [-0.25, -0.2) is 13.6 Å². The number of nitrogens with one attached hydrogen (secondary N) is 1. The Morgan fingerprint density at radius 3 is 2.28 bits per heavy atom. The maximum atomic E-state index is 14.6. The highest BCUT2D eigenvalue weighted by Gasteiger charge is 2.47. The van der Waals surface area contributed by atoms with Crippen molar-refractivity contribution in [1.29, 1.82) is 0 Å². The number of carboxylic acid groups (broad SMARTS) is 1. The molecule has 0 bridgehead atoms. The number of aliphatic carboxylic acids is 1. The molecule has 0 aromatic heterocycles. The highest BCUT2D eigenvalue weighted by molar-refractivity contribution is 5.94. The fourth-order valence-electron chi connectivity index (χ4n) is 3.94. The topological polar surface area (TPSA) is 95.9 Å². The summed E-state index contributed by atoms with van der Waals surface area (Å²) in [6.07, 6.45) is 0.693. The van der Waals surface area contributed by atoms with Crippen LogP contribution in [0.25, 0.3) is 5.57 Å². The average molecular weight is 501 g/mol. The zero-order valence-electron chi connectivity index (χ0n) is 20.8. The summed E-state index contributed by atoms with van der Waals surface area (Å²) < 4.78 is 33.8. The molecular weight excluding hydrogens is 470 g/mol. The Kier molecular flexibility index (Phi) is 7.52. The molecule has 0 unspecified atom stereocenters. The molecule has 36 heavy (non-hydrogen) atoms. The van der Waals surface area contributed by atoms with Gasteiger partial charge in [0.05, 0.1) is 11.5 Å². The molecule has 2 amide bonds. The van der Waals surface area contributed by atoms with Crippen LogP contribution >= 0.6 is 0 Å². The molecule has 7 nitrogen and oxygen atoms in total. The number of carbonyl (C=O) groups excluding carboxylic acids is 2. The van der Waals surface area contributed by atoms with Crippen LogP contribution in [-0.4, -0.2) is 46.2 Å². The quantitative estimate of drug-likeness (QED) is 0.586. The molecule has 2 atom stereocenters. The third kappa shape index (κ3) is 5.90. The van der Waals surface area contributed by atoms with Crippen molar-refractivity contribution in [3.05, 3.63) is 77.4 Å². The number of rotatable bonds is 6. The Hall–Kier alpha value is -3.75. The van der Waals surface area contributed by atoms with Crippen molar-refractivity contribution in [2.75, 3.05) is 6.54 Å². The molecule has 0 radical (unpaired) electrons. The van der Waals surface area contributed by atoms with E-state index in [4.69, 9.17) is 4.74 Å². The molecule has 0 saturated carbocycles. The van der Waals surface area contributed by atoms with Crippen LogP contribution in [0.2, 0.25) is 0 Å². The van der Waals surface area contributed by atoms with Crippen LogP contribution in [0, 0.1) is 17.0 Å². The Bertz CT molecular complexity index is 1190. The van der Waals surface area contributed by atoms with Crippen molar-refractivity contribution in [1.82, 2.24) is 10.2 Å². The fraction of sp³-hybridized carbons (Fsp3) is 0.370. The smallest absolute Gasteiger partial charge is 0.408 e. The van der Waals surface area contributed by atoms with Gasteiger partial charge in [-0.2, -0.15) is 0 Å². The summed E-state index contributed by atoms with van der Waals surface area (Å²) in [5, 5.41) is 12.3. The number of carboxylic acids is 1. The minimum atomic E-state index is -1.72. The minimum Gasteiger partial charge on any atom is -0.481 e. The summed E-state index contributed by atoms with van der Waals surface area (Å²) in [7, 11) is 0. The molecule has 0 fully saturated rings. The number of carbonyl (C=O) groups is 3. The molecule has 2 aromatic rings. The third-order valence-electron chi connectivity index (χ3n) is 5.91. The van der Waals surface area contributed by atoms with E-state index in [9.17, 15) is 28.3 Å². The molecule has 2 aromatic carbocycles. The number of amides is 2. The molecule has 9 heteroatoms. The first-order valence-corrected chi connectivity index (χ1v) is 11.4. The molecule has 1 aliphatic rings. The van der Waals surface area contributed by atoms with Crippen LogP contribution < -0.4 is 5.32 Å². The second-order valence-electron chi connectivity index (χ2n) is 10.2. The summed E-state index contributed by atoms with van der Waals surface area (Å²) in [5.41, 5.74) is -1.56. The first kappa shape index (κ1) is 26.8. The number of benzene rings is 2. The predicted molar refractivity (Wildman–Crippen MR) is 130 cm³/mol. The number of hydrogen-bond donors (Lipinski definition) is 2. The van der Waals surface area contributed by atoms with Crippen molar-refractivity contribution in [2.45, 2.75) is 52.3 Å². The Morgan fingerprint density at radius 2 is 1.69 bits per heavy atom. The van der Waals surface area contributed by atoms with Gasteiger partial charge in [-0.3, -0.25) is 9.59 Å². The van der Waals surface area contributed by atoms with E-state index >= 15 is 0 Å². The number of halogens is 2. The van der Waals surface area contributed by atoms with Gasteiger partial charge in [0.25, 0.3) is 0 Å². The van der Waals surface area contributed by atoms with E-state index in [0.717, 1.165) is 18.2 Å². The van der Waals surface area contributed by atoms with E-state index in [1.54, 1.807) is 57.2 Å². The van der Waals surface area contributed by atoms with Gasteiger partial charge < -0.3 is 20.1 Å². The highest BCUT2D eigenvalue weighted by atomic mass is 19.1. The highest BCUT2D eigenvalue weighted by Crippen LogP contribution is 2.37. The molecule has 0 saturated heterocycles. The average Bonchev–Trinajstić information content (AvgIpc) is 3.23. The summed E-state index contributed by atoms with van der Waals surface area (Å²) in [6, 6.07) is 9.71. The van der Waals surface area contributed by atoms with Crippen molar-refractivity contribution < 1.29 is 33.0 Å². The van der Waals surface area contributed by atoms with Gasteiger partial charge in [-0.1, -0.05) is 36.4 Å². The molecule has 1 heterocycles. The van der Waals surface area contributed by atoms with E-state index in [2.05, 4.69) is 5.32 Å². The lowest BCUT2D eigenvalue weighted by Gasteiger charge is -2.36. The Balaban J connectivity index is 2.04. The minimum absolute atomic E-state index is 0.000349. The zero-order chi connectivity index (χ0) is 26.8. The standard InChI is InChI=1S/C27H30F2N2O5/c1-26(2,3)36-25(35)30-22(27(4,5)24(33)34)23(32)31-15-17(19-14-18(28)11-12-20(19)29)13-21(31)16-9-7-6-8-10-16/h6-14,21-22H,15H2,1-5H3,(H,30,35)(H,33,34)/t21-,22+/m0/s1. The lowest BCUT2D eigenvalue weighted by Crippen LogP contribution is -2.58. The van der Waals surface area contributed by atoms with Gasteiger partial charge in [0.15, 0.2) is 0 Å². The van der Waals surface area contributed by atoms with Crippen LogP contribution in [0.4, 0.5) is 13.6 Å². The van der Waals surface area contributed by atoms with Crippen LogP contribution in [0.5, 0.6) is 0 Å². The number of hydrogen-bond acceptors (Lipinski definition) is 4. The number of nitrogens with zero attached hydrogens (tertiary/aromatic N) is 1. The summed E-state index contributed by atoms with van der Waals surface area (Å²) in [6.45, 7) is 7.44. The molecular formula is C27H30F2N2O5. The summed E-state index contributed by atoms with van der Waals surface area (Å²) in [5.74, 6) is -3.30. The monoisotopic (exact) mass is 500 g/mol. The summed E-state index contributed by atoms with van der Waals surface area (Å²) >= 11 is 0. The fourth-order valence-corrected chi connectivity index (χ4v) is 3.94. The van der Waals surface area contributed by atoms with Crippen molar-refractivity contribution in [3.63, 3.8) is 0 Å². The van der Waals surface area contributed by atoms with Gasteiger partial charge in [0, 0.05) is 12.1 Å². The molecule has 192 valence electrons. The van der Waals surface area contributed by atoms with Gasteiger partial charge in [0.1, 0.15) is 23.3 Å². The zero-order valence-corrected chi connectivity index (χ0v) is 20.8. The van der Waals surface area contributed by atoms with E-state index in [-0.39, 0.29) is 12.1 Å². The lowest BCUT2D eigenvalue weighted by molar-refractivity contribution is -0.154. The van der Waals surface area contributed by atoms with E-state index < -0.39 is 52.7 Å². The van der Waals surface area contributed by atoms with Crippen LogP contribution in [0.1, 0.15) is 51.8 Å². The Morgan fingerprint density at radius 1 is 1.06 bits per heavy atom. The van der Waals surface area contributed by atoms with Crippen LogP contribution in [-0.2, 0) is 14.3 Å². The largest absolute Gasteiger partial charge is 0.481 e. The normalized spacial score (nSPS) is 16.8. The van der Waals surface area contributed by atoms with E-state index in [0.29, 0.717) is 11.1 Å². The number of alkyl carbamates (subject to hydrolysis) is 1. The first-order valence-electron chi connectivity index (χ1n) is 11.4. The van der Waals surface area contributed by atoms with E-state index in [1.165, 1.54) is 18.7 Å². The van der Waals surface area contributed by atoms with Gasteiger partial charge in [-0.05, 0) is 64.0 Å². The summed E-state index contributed by atoms with van der Waals surface area (Å²) in [4.78, 5) is 39.9. The maximum absolute atomic E-state index is 14.6. The van der Waals surface area contributed by atoms with Crippen molar-refractivity contribution >= 4 is 23.5 Å². The molecule has 3 rings (SSSR count). The second-order valence-corrected chi connectivity index (χ2v) is 10.2. The maximum Gasteiger partial charge on any atom is 0.408 e. The molecule has 1 aliphatic heterocycles. The second kappa shape index (κ2) is 10.1. The molecule has 0 aliphatic carbocycles. The van der Waals surface area contributed by atoms with Crippen molar-refractivity contribution in [2.24, 2.45) is 5.41 Å². The predicted octanol–water partition coefficient (Wildman–Crippen LogP) is 4.94. The van der Waals surface area contributed by atoms with Crippen LogP contribution in [0.15, 0.2) is 54.6 Å². The van der Waals surface area contributed by atoms with E-state index in [1.807, 2.05) is 0 Å².